The number of nitrogen functional groups attached to an aromatic ring is 1. The average molecular weight is 308 g/mol. The van der Waals surface area contributed by atoms with Gasteiger partial charge in [0.25, 0.3) is 0 Å². The largest absolute Gasteiger partial charge is 0.398 e. The molecule has 4 nitrogen and oxygen atoms in total. The van der Waals surface area contributed by atoms with Gasteiger partial charge in [-0.3, -0.25) is 4.79 Å². The first-order valence-electron chi connectivity index (χ1n) is 7.97. The van der Waals surface area contributed by atoms with Gasteiger partial charge in [0.2, 0.25) is 5.91 Å². The SMILES string of the molecule is C[C@@]12C[C@H](c3ccccc3N)C(=O)N1[C@@H](c1ccccc1)CO2. The Bertz CT molecular complexity index is 746. The summed E-state index contributed by atoms with van der Waals surface area (Å²) in [5.74, 6) is -0.121. The summed E-state index contributed by atoms with van der Waals surface area (Å²) in [5.41, 5.74) is 8.24. The third kappa shape index (κ3) is 2.13. The zero-order valence-corrected chi connectivity index (χ0v) is 13.1. The van der Waals surface area contributed by atoms with Gasteiger partial charge in [0.1, 0.15) is 5.72 Å². The summed E-state index contributed by atoms with van der Waals surface area (Å²) in [4.78, 5) is 15.0. The van der Waals surface area contributed by atoms with Crippen molar-refractivity contribution in [1.29, 1.82) is 0 Å². The van der Waals surface area contributed by atoms with E-state index >= 15 is 0 Å². The number of nitrogens with zero attached hydrogens (tertiary/aromatic N) is 1. The van der Waals surface area contributed by atoms with Gasteiger partial charge >= 0.3 is 0 Å². The Balaban J connectivity index is 1.71. The van der Waals surface area contributed by atoms with E-state index in [1.807, 2.05) is 54.3 Å². The highest BCUT2D eigenvalue weighted by atomic mass is 16.5. The van der Waals surface area contributed by atoms with Crippen LogP contribution >= 0.6 is 0 Å². The summed E-state index contributed by atoms with van der Waals surface area (Å²) in [6.45, 7) is 2.55. The number of hydrogen-bond acceptors (Lipinski definition) is 3. The lowest BCUT2D eigenvalue weighted by Gasteiger charge is -2.29. The Hall–Kier alpha value is -2.33. The number of hydrogen-bond donors (Lipinski definition) is 1. The highest BCUT2D eigenvalue weighted by molar-refractivity contribution is 5.89. The van der Waals surface area contributed by atoms with Crippen molar-refractivity contribution in [2.45, 2.75) is 31.0 Å². The van der Waals surface area contributed by atoms with Gasteiger partial charge in [-0.15, -0.1) is 0 Å². The Kier molecular flexibility index (Phi) is 3.16. The fraction of sp³-hybridized carbons (Fsp3) is 0.316. The molecule has 0 aliphatic carbocycles. The maximum Gasteiger partial charge on any atom is 0.233 e. The predicted octanol–water partition coefficient (Wildman–Crippen LogP) is 3.07. The van der Waals surface area contributed by atoms with Crippen LogP contribution in [0, 0.1) is 0 Å². The van der Waals surface area contributed by atoms with Crippen LogP contribution < -0.4 is 5.73 Å². The molecular weight excluding hydrogens is 288 g/mol. The molecule has 2 fully saturated rings. The van der Waals surface area contributed by atoms with E-state index in [9.17, 15) is 4.79 Å². The van der Waals surface area contributed by atoms with Gasteiger partial charge in [0.15, 0.2) is 0 Å². The summed E-state index contributed by atoms with van der Waals surface area (Å²) >= 11 is 0. The molecule has 3 atom stereocenters. The van der Waals surface area contributed by atoms with E-state index in [4.69, 9.17) is 10.5 Å². The molecule has 118 valence electrons. The van der Waals surface area contributed by atoms with Crippen LogP contribution in [-0.4, -0.2) is 23.1 Å². The van der Waals surface area contributed by atoms with E-state index in [-0.39, 0.29) is 17.9 Å². The van der Waals surface area contributed by atoms with E-state index in [0.717, 1.165) is 11.1 Å². The van der Waals surface area contributed by atoms with E-state index in [1.54, 1.807) is 0 Å². The number of carbonyl (C=O) groups excluding carboxylic acids is 1. The lowest BCUT2D eigenvalue weighted by atomic mass is 9.93. The van der Waals surface area contributed by atoms with Crippen LogP contribution in [0.5, 0.6) is 0 Å². The normalized spacial score (nSPS) is 29.8. The van der Waals surface area contributed by atoms with Crippen molar-refractivity contribution in [2.24, 2.45) is 0 Å². The van der Waals surface area contributed by atoms with Crippen LogP contribution in [0.2, 0.25) is 0 Å². The number of rotatable bonds is 2. The molecule has 0 bridgehead atoms. The molecule has 2 aromatic carbocycles. The van der Waals surface area contributed by atoms with Gasteiger partial charge in [-0.05, 0) is 24.1 Å². The highest BCUT2D eigenvalue weighted by Gasteiger charge is 2.56. The molecular formula is C19H20N2O2. The van der Waals surface area contributed by atoms with Gasteiger partial charge < -0.3 is 15.4 Å². The lowest BCUT2D eigenvalue weighted by molar-refractivity contribution is -0.137. The molecule has 0 unspecified atom stereocenters. The van der Waals surface area contributed by atoms with Crippen LogP contribution in [0.25, 0.3) is 0 Å². The van der Waals surface area contributed by atoms with Crippen molar-refractivity contribution in [3.8, 4) is 0 Å². The number of amides is 1. The zero-order valence-electron chi connectivity index (χ0n) is 13.1. The number of carbonyl (C=O) groups is 1. The molecule has 2 heterocycles. The summed E-state index contributed by atoms with van der Waals surface area (Å²) in [5, 5.41) is 0. The van der Waals surface area contributed by atoms with E-state index in [1.165, 1.54) is 0 Å². The quantitative estimate of drug-likeness (QED) is 0.868. The minimum Gasteiger partial charge on any atom is -0.398 e. The van der Waals surface area contributed by atoms with Crippen molar-refractivity contribution in [1.82, 2.24) is 4.90 Å². The molecule has 23 heavy (non-hydrogen) atoms. The summed E-state index contributed by atoms with van der Waals surface area (Å²) < 4.78 is 6.06. The molecule has 0 aromatic heterocycles. The summed E-state index contributed by atoms with van der Waals surface area (Å²) in [6, 6.07) is 17.7. The average Bonchev–Trinajstić information content (AvgIpc) is 3.03. The number of para-hydroxylation sites is 1. The Morgan fingerprint density at radius 1 is 1.13 bits per heavy atom. The standard InChI is InChI=1S/C19H20N2O2/c1-19-11-15(14-9-5-6-10-16(14)20)18(22)21(19)17(12-23-19)13-7-3-2-4-8-13/h2-10,15,17H,11-12,20H2,1H3/t15-,17-,19-/m1/s1. The topological polar surface area (TPSA) is 55.6 Å². The summed E-state index contributed by atoms with van der Waals surface area (Å²) in [7, 11) is 0. The molecule has 4 rings (SSSR count). The monoisotopic (exact) mass is 308 g/mol. The van der Waals surface area contributed by atoms with Crippen molar-refractivity contribution >= 4 is 11.6 Å². The van der Waals surface area contributed by atoms with Crippen LogP contribution in [0.4, 0.5) is 5.69 Å². The van der Waals surface area contributed by atoms with E-state index in [0.29, 0.717) is 18.7 Å². The number of ether oxygens (including phenoxy) is 1. The Labute approximate surface area is 135 Å². The minimum absolute atomic E-state index is 0.0244. The van der Waals surface area contributed by atoms with Crippen molar-refractivity contribution in [3.05, 3.63) is 65.7 Å². The molecule has 2 aromatic rings. The molecule has 4 heteroatoms. The maximum atomic E-state index is 13.1. The van der Waals surface area contributed by atoms with Crippen molar-refractivity contribution < 1.29 is 9.53 Å². The third-order valence-electron chi connectivity index (χ3n) is 5.05. The van der Waals surface area contributed by atoms with E-state index in [2.05, 4.69) is 12.1 Å². The van der Waals surface area contributed by atoms with Crippen molar-refractivity contribution in [3.63, 3.8) is 0 Å². The van der Waals surface area contributed by atoms with Crippen LogP contribution in [0.3, 0.4) is 0 Å². The first-order chi connectivity index (χ1) is 11.1. The fourth-order valence-electron chi connectivity index (χ4n) is 3.90. The Morgan fingerprint density at radius 3 is 2.57 bits per heavy atom. The smallest absolute Gasteiger partial charge is 0.233 e. The first kappa shape index (κ1) is 14.3. The zero-order chi connectivity index (χ0) is 16.0. The molecule has 1 amide bonds. The molecule has 2 aliphatic rings. The number of anilines is 1. The highest BCUT2D eigenvalue weighted by Crippen LogP contribution is 2.50. The predicted molar refractivity (Wildman–Crippen MR) is 88.6 cm³/mol. The second-order valence-corrected chi connectivity index (χ2v) is 6.51. The van der Waals surface area contributed by atoms with Crippen LogP contribution in [-0.2, 0) is 9.53 Å². The first-order valence-corrected chi connectivity index (χ1v) is 7.97. The molecule has 2 N–H and O–H groups in total. The van der Waals surface area contributed by atoms with E-state index < -0.39 is 5.72 Å². The van der Waals surface area contributed by atoms with Gasteiger partial charge in [-0.2, -0.15) is 0 Å². The minimum atomic E-state index is -0.551. The fourth-order valence-corrected chi connectivity index (χ4v) is 3.90. The molecule has 0 radical (unpaired) electrons. The van der Waals surface area contributed by atoms with Gasteiger partial charge in [0, 0.05) is 12.1 Å². The number of fused-ring (bicyclic) bond motifs is 1. The number of nitrogens with two attached hydrogens (primary N) is 1. The molecule has 0 saturated carbocycles. The number of benzene rings is 2. The molecule has 2 aliphatic heterocycles. The Morgan fingerprint density at radius 2 is 1.83 bits per heavy atom. The summed E-state index contributed by atoms with van der Waals surface area (Å²) in [6.07, 6.45) is 0.642. The molecule has 2 saturated heterocycles. The lowest BCUT2D eigenvalue weighted by Crippen LogP contribution is -2.40. The van der Waals surface area contributed by atoms with Gasteiger partial charge in [-0.1, -0.05) is 48.5 Å². The van der Waals surface area contributed by atoms with Gasteiger partial charge in [-0.25, -0.2) is 0 Å². The second-order valence-electron chi connectivity index (χ2n) is 6.51. The van der Waals surface area contributed by atoms with Crippen molar-refractivity contribution in [2.75, 3.05) is 12.3 Å². The van der Waals surface area contributed by atoms with Crippen LogP contribution in [0.1, 0.15) is 36.4 Å². The van der Waals surface area contributed by atoms with Crippen LogP contribution in [0.15, 0.2) is 54.6 Å². The molecule has 0 spiro atoms. The third-order valence-corrected chi connectivity index (χ3v) is 5.05. The second kappa shape index (κ2) is 5.10. The maximum absolute atomic E-state index is 13.1. The van der Waals surface area contributed by atoms with Gasteiger partial charge in [0.05, 0.1) is 18.6 Å².